The van der Waals surface area contributed by atoms with E-state index in [1.807, 2.05) is 18.2 Å². The Hall–Kier alpha value is -3.18. The first-order valence-corrected chi connectivity index (χ1v) is 16.7. The first kappa shape index (κ1) is 32.7. The Labute approximate surface area is 253 Å². The number of carbonyl (C=O) groups excluding carboxylic acids is 4. The van der Waals surface area contributed by atoms with Gasteiger partial charge in [-0.25, -0.2) is 9.52 Å². The fourth-order valence-corrected chi connectivity index (χ4v) is 7.30. The number of fused-ring (bicyclic) bond motifs is 2. The molecular weight excluding hydrogens is 576 g/mol. The highest BCUT2D eigenvalue weighted by Crippen LogP contribution is 2.46. The van der Waals surface area contributed by atoms with Gasteiger partial charge in [-0.15, -0.1) is 0 Å². The molecule has 0 unspecified atom stereocenters. The molecule has 0 aromatic carbocycles. The quantitative estimate of drug-likeness (QED) is 0.362. The lowest BCUT2D eigenvalue weighted by molar-refractivity contribution is -0.141. The largest absolute Gasteiger partial charge is 0.444 e. The third-order valence-corrected chi connectivity index (χ3v) is 9.80. The van der Waals surface area contributed by atoms with Crippen molar-refractivity contribution in [3.05, 3.63) is 12.2 Å². The molecule has 2 aliphatic carbocycles. The SMILES string of the molecule is CC(C)(C)OC(=O)N[C@H]1CCCCC/C=C\[C@@H]2C[C@@]2(C(=O)NS(=O)(=O)N(CCC#N)C2CC2)NC(=O)[C@@H]2CCCN2C1=O. The molecule has 0 aromatic heterocycles. The van der Waals surface area contributed by atoms with Gasteiger partial charge in [-0.1, -0.05) is 25.0 Å². The van der Waals surface area contributed by atoms with Crippen molar-refractivity contribution in [2.75, 3.05) is 13.1 Å². The van der Waals surface area contributed by atoms with E-state index in [0.717, 1.165) is 17.1 Å². The maximum absolute atomic E-state index is 13.7. The molecule has 2 aliphatic heterocycles. The summed E-state index contributed by atoms with van der Waals surface area (Å²) in [6.07, 6.45) is 8.95. The molecule has 3 N–H and O–H groups in total. The molecule has 13 nitrogen and oxygen atoms in total. The predicted octanol–water partition coefficient (Wildman–Crippen LogP) is 2.00. The molecule has 0 spiro atoms. The van der Waals surface area contributed by atoms with Crippen molar-refractivity contribution in [1.29, 1.82) is 5.26 Å². The number of allylic oxidation sites excluding steroid dienone is 1. The van der Waals surface area contributed by atoms with Crippen LogP contribution in [0.15, 0.2) is 12.2 Å². The molecule has 2 heterocycles. The van der Waals surface area contributed by atoms with E-state index in [1.165, 1.54) is 4.90 Å². The van der Waals surface area contributed by atoms with Gasteiger partial charge in [0.1, 0.15) is 23.2 Å². The molecule has 43 heavy (non-hydrogen) atoms. The number of hydrogen-bond donors (Lipinski definition) is 3. The van der Waals surface area contributed by atoms with Crippen LogP contribution >= 0.6 is 0 Å². The number of hydrogen-bond acceptors (Lipinski definition) is 8. The van der Waals surface area contributed by atoms with Gasteiger partial charge in [0, 0.05) is 31.5 Å². The number of rotatable bonds is 7. The van der Waals surface area contributed by atoms with Gasteiger partial charge in [-0.2, -0.15) is 18.0 Å². The smallest absolute Gasteiger partial charge is 0.408 e. The van der Waals surface area contributed by atoms with Gasteiger partial charge in [0.15, 0.2) is 0 Å². The summed E-state index contributed by atoms with van der Waals surface area (Å²) in [7, 11) is -4.24. The van der Waals surface area contributed by atoms with E-state index in [9.17, 15) is 27.6 Å². The van der Waals surface area contributed by atoms with Crippen LogP contribution in [0.1, 0.15) is 91.4 Å². The lowest BCUT2D eigenvalue weighted by Crippen LogP contribution is -2.59. The number of carbonyl (C=O) groups is 4. The van der Waals surface area contributed by atoms with E-state index < -0.39 is 57.3 Å². The van der Waals surface area contributed by atoms with E-state index in [0.29, 0.717) is 51.5 Å². The zero-order valence-corrected chi connectivity index (χ0v) is 26.1. The summed E-state index contributed by atoms with van der Waals surface area (Å²) in [5, 5.41) is 14.5. The van der Waals surface area contributed by atoms with Gasteiger partial charge in [0.25, 0.3) is 5.91 Å². The minimum Gasteiger partial charge on any atom is -0.444 e. The summed E-state index contributed by atoms with van der Waals surface area (Å²) in [6, 6.07) is -0.0537. The Morgan fingerprint density at radius 2 is 1.91 bits per heavy atom. The van der Waals surface area contributed by atoms with E-state index in [-0.39, 0.29) is 31.3 Å². The molecule has 238 valence electrons. The number of ether oxygens (including phenoxy) is 1. The van der Waals surface area contributed by atoms with E-state index in [2.05, 4.69) is 15.4 Å². The van der Waals surface area contributed by atoms with Crippen molar-refractivity contribution < 1.29 is 32.3 Å². The minimum absolute atomic E-state index is 0.00579. The summed E-state index contributed by atoms with van der Waals surface area (Å²) in [4.78, 5) is 55.0. The van der Waals surface area contributed by atoms with E-state index in [4.69, 9.17) is 10.00 Å². The Kier molecular flexibility index (Phi) is 10.1. The molecule has 4 atom stereocenters. The van der Waals surface area contributed by atoms with Gasteiger partial charge in [0.2, 0.25) is 11.8 Å². The second kappa shape index (κ2) is 13.2. The number of amides is 4. The summed E-state index contributed by atoms with van der Waals surface area (Å²) in [5.74, 6) is -2.16. The summed E-state index contributed by atoms with van der Waals surface area (Å²) in [5.41, 5.74) is -2.22. The van der Waals surface area contributed by atoms with Crippen LogP contribution in [0.5, 0.6) is 0 Å². The standard InChI is InChI=1S/C29H44N6O7S/c1-28(2,3)42-27(39)31-22-12-8-6-4-5-7-11-20-19-29(20,32-24(36)23-13-9-17-34(23)25(22)37)26(38)33-43(40,41)35(18-10-16-30)21-14-15-21/h7,11,20-23H,4-6,8-10,12-15,17-19H2,1-3H3,(H,31,39)(H,32,36)(H,33,38)/b11-7-/t20-,22+,23+,29-/m1/s1. The van der Waals surface area contributed by atoms with Crippen LogP contribution in [0.2, 0.25) is 0 Å². The van der Waals surface area contributed by atoms with E-state index in [1.54, 1.807) is 20.8 Å². The lowest BCUT2D eigenvalue weighted by atomic mass is 10.0. The van der Waals surface area contributed by atoms with Crippen molar-refractivity contribution in [2.45, 2.75) is 121 Å². The fraction of sp³-hybridized carbons (Fsp3) is 0.759. The van der Waals surface area contributed by atoms with Crippen molar-refractivity contribution >= 4 is 34.0 Å². The molecule has 0 radical (unpaired) electrons. The van der Waals surface area contributed by atoms with Crippen LogP contribution < -0.4 is 15.4 Å². The summed E-state index contributed by atoms with van der Waals surface area (Å²) >= 11 is 0. The minimum atomic E-state index is -4.24. The molecule has 4 rings (SSSR count). The van der Waals surface area contributed by atoms with Gasteiger partial charge in [-0.3, -0.25) is 14.4 Å². The maximum Gasteiger partial charge on any atom is 0.408 e. The fourth-order valence-electron chi connectivity index (χ4n) is 5.83. The molecule has 4 aliphatic rings. The predicted molar refractivity (Wildman–Crippen MR) is 156 cm³/mol. The topological polar surface area (TPSA) is 178 Å². The van der Waals surface area contributed by atoms with Crippen LogP contribution in [-0.4, -0.2) is 83.8 Å². The first-order chi connectivity index (χ1) is 20.3. The number of nitriles is 1. The molecule has 4 amide bonds. The van der Waals surface area contributed by atoms with Crippen molar-refractivity contribution in [3.63, 3.8) is 0 Å². The maximum atomic E-state index is 13.7. The average molecular weight is 621 g/mol. The lowest BCUT2D eigenvalue weighted by Gasteiger charge is -2.31. The van der Waals surface area contributed by atoms with Crippen LogP contribution in [0.4, 0.5) is 4.79 Å². The Morgan fingerprint density at radius 1 is 1.16 bits per heavy atom. The van der Waals surface area contributed by atoms with Crippen molar-refractivity contribution in [3.8, 4) is 6.07 Å². The second-order valence-electron chi connectivity index (χ2n) is 12.9. The highest BCUT2D eigenvalue weighted by Gasteiger charge is 2.61. The second-order valence-corrected chi connectivity index (χ2v) is 14.5. The van der Waals surface area contributed by atoms with Crippen LogP contribution in [-0.2, 0) is 29.3 Å². The van der Waals surface area contributed by atoms with Crippen LogP contribution in [0, 0.1) is 17.2 Å². The normalized spacial score (nSPS) is 29.2. The zero-order chi connectivity index (χ0) is 31.4. The van der Waals surface area contributed by atoms with Gasteiger partial charge < -0.3 is 20.3 Å². The summed E-state index contributed by atoms with van der Waals surface area (Å²) in [6.45, 7) is 5.49. The van der Waals surface area contributed by atoms with Gasteiger partial charge in [0.05, 0.1) is 6.07 Å². The van der Waals surface area contributed by atoms with Crippen molar-refractivity contribution in [1.82, 2.24) is 24.6 Å². The zero-order valence-electron chi connectivity index (χ0n) is 25.3. The highest BCUT2D eigenvalue weighted by molar-refractivity contribution is 7.87. The third-order valence-electron chi connectivity index (χ3n) is 8.25. The Bertz CT molecular complexity index is 1270. The molecule has 0 aromatic rings. The van der Waals surface area contributed by atoms with Crippen molar-refractivity contribution in [2.24, 2.45) is 5.92 Å². The molecular formula is C29H44N6O7S. The molecule has 1 saturated heterocycles. The molecule has 0 bridgehead atoms. The summed E-state index contributed by atoms with van der Waals surface area (Å²) < 4.78 is 35.1. The molecule has 3 fully saturated rings. The number of nitrogens with one attached hydrogen (secondary N) is 3. The molecule has 2 saturated carbocycles. The van der Waals surface area contributed by atoms with Gasteiger partial charge >= 0.3 is 16.3 Å². The van der Waals surface area contributed by atoms with E-state index >= 15 is 0 Å². The third kappa shape index (κ3) is 8.26. The Morgan fingerprint density at radius 3 is 2.58 bits per heavy atom. The monoisotopic (exact) mass is 620 g/mol. The average Bonchev–Trinajstić information content (AvgIpc) is 3.81. The number of nitrogens with zero attached hydrogens (tertiary/aromatic N) is 3. The first-order valence-electron chi connectivity index (χ1n) is 15.3. The molecule has 14 heteroatoms. The Balaban J connectivity index is 1.54. The van der Waals surface area contributed by atoms with Crippen LogP contribution in [0.25, 0.3) is 0 Å². The van der Waals surface area contributed by atoms with Gasteiger partial charge in [-0.05, 0) is 72.1 Å². The van der Waals surface area contributed by atoms with Crippen LogP contribution in [0.3, 0.4) is 0 Å². The highest BCUT2D eigenvalue weighted by atomic mass is 32.2. The number of alkyl carbamates (subject to hydrolysis) is 1.